The second kappa shape index (κ2) is 4.98. The Hall–Kier alpha value is -2.17. The van der Waals surface area contributed by atoms with Gasteiger partial charge in [-0.05, 0) is 18.6 Å². The van der Waals surface area contributed by atoms with Crippen LogP contribution in [0, 0.1) is 5.92 Å². The van der Waals surface area contributed by atoms with Crippen LogP contribution in [0.1, 0.15) is 41.6 Å². The summed E-state index contributed by atoms with van der Waals surface area (Å²) in [7, 11) is 1.48. The molecular formula is C16H16O5. The van der Waals surface area contributed by atoms with E-state index < -0.39 is 17.5 Å². The summed E-state index contributed by atoms with van der Waals surface area (Å²) < 4.78 is 10.8. The van der Waals surface area contributed by atoms with Crippen molar-refractivity contribution in [1.29, 1.82) is 0 Å². The minimum atomic E-state index is -0.911. The van der Waals surface area contributed by atoms with E-state index in [1.54, 1.807) is 19.1 Å². The normalized spacial score (nSPS) is 22.5. The van der Waals surface area contributed by atoms with Gasteiger partial charge in [0.2, 0.25) is 5.78 Å². The number of ether oxygens (including phenoxy) is 2. The molecular weight excluding hydrogens is 272 g/mol. The first kappa shape index (κ1) is 13.8. The molecule has 0 amide bonds. The van der Waals surface area contributed by atoms with Gasteiger partial charge in [0, 0.05) is 17.9 Å². The van der Waals surface area contributed by atoms with Crippen LogP contribution in [0.2, 0.25) is 0 Å². The van der Waals surface area contributed by atoms with Crippen LogP contribution in [0.4, 0.5) is 0 Å². The molecule has 1 aliphatic carbocycles. The molecule has 2 unspecified atom stereocenters. The van der Waals surface area contributed by atoms with E-state index in [1.165, 1.54) is 7.11 Å². The monoisotopic (exact) mass is 288 g/mol. The second-order valence-electron chi connectivity index (χ2n) is 5.28. The summed E-state index contributed by atoms with van der Waals surface area (Å²) in [5.41, 5.74) is 1.13. The van der Waals surface area contributed by atoms with E-state index in [9.17, 15) is 14.4 Å². The molecule has 1 heterocycles. The highest BCUT2D eigenvalue weighted by molar-refractivity contribution is 6.43. The van der Waals surface area contributed by atoms with Crippen LogP contribution >= 0.6 is 0 Å². The zero-order valence-corrected chi connectivity index (χ0v) is 12.0. The molecule has 0 fully saturated rings. The van der Waals surface area contributed by atoms with Crippen molar-refractivity contribution in [3.8, 4) is 11.5 Å². The van der Waals surface area contributed by atoms with Crippen molar-refractivity contribution < 1.29 is 23.9 Å². The quantitative estimate of drug-likeness (QED) is 0.625. The minimum absolute atomic E-state index is 0.117. The van der Waals surface area contributed by atoms with Gasteiger partial charge >= 0.3 is 0 Å². The van der Waals surface area contributed by atoms with Crippen LogP contribution in [0.5, 0.6) is 11.5 Å². The molecule has 0 radical (unpaired) electrons. The van der Waals surface area contributed by atoms with E-state index in [2.05, 4.69) is 0 Å². The molecule has 110 valence electrons. The smallest absolute Gasteiger partial charge is 0.209 e. The van der Waals surface area contributed by atoms with Crippen molar-refractivity contribution in [2.24, 2.45) is 5.92 Å². The molecule has 1 aliphatic heterocycles. The lowest BCUT2D eigenvalue weighted by Crippen LogP contribution is -2.31. The molecule has 0 spiro atoms. The molecule has 1 aromatic carbocycles. The van der Waals surface area contributed by atoms with Crippen LogP contribution in [-0.4, -0.2) is 31.1 Å². The van der Waals surface area contributed by atoms with Crippen molar-refractivity contribution in [3.63, 3.8) is 0 Å². The predicted octanol–water partition coefficient (Wildman–Crippen LogP) is 1.92. The second-order valence-corrected chi connectivity index (χ2v) is 5.28. The number of methoxy groups -OCH3 is 1. The van der Waals surface area contributed by atoms with Gasteiger partial charge in [-0.3, -0.25) is 14.4 Å². The lowest BCUT2D eigenvalue weighted by Gasteiger charge is -2.24. The molecule has 2 aliphatic rings. The molecule has 1 aromatic rings. The van der Waals surface area contributed by atoms with Gasteiger partial charge in [0.05, 0.1) is 25.2 Å². The molecule has 0 saturated carbocycles. The maximum Gasteiger partial charge on any atom is 0.209 e. The van der Waals surface area contributed by atoms with Crippen molar-refractivity contribution >= 4 is 17.3 Å². The van der Waals surface area contributed by atoms with Crippen LogP contribution in [0.15, 0.2) is 12.1 Å². The van der Waals surface area contributed by atoms with E-state index in [0.717, 1.165) is 5.56 Å². The first-order chi connectivity index (χ1) is 10.1. The summed E-state index contributed by atoms with van der Waals surface area (Å²) in [6.07, 6.45) is 0.679. The Labute approximate surface area is 122 Å². The van der Waals surface area contributed by atoms with Crippen LogP contribution in [0.3, 0.4) is 0 Å². The zero-order chi connectivity index (χ0) is 15.1. The third-order valence-corrected chi connectivity index (χ3v) is 4.25. The first-order valence-electron chi connectivity index (χ1n) is 7.05. The van der Waals surface area contributed by atoms with E-state index in [4.69, 9.17) is 9.47 Å². The highest BCUT2D eigenvalue weighted by atomic mass is 16.5. The fraction of sp³-hybridized carbons (Fsp3) is 0.438. The fourth-order valence-corrected chi connectivity index (χ4v) is 3.26. The van der Waals surface area contributed by atoms with E-state index in [-0.39, 0.29) is 18.1 Å². The molecule has 0 bridgehead atoms. The third kappa shape index (κ3) is 1.87. The van der Waals surface area contributed by atoms with Crippen molar-refractivity contribution in [3.05, 3.63) is 23.3 Å². The van der Waals surface area contributed by atoms with Gasteiger partial charge in [0.15, 0.2) is 11.6 Å². The van der Waals surface area contributed by atoms with Crippen LogP contribution < -0.4 is 9.47 Å². The molecule has 0 N–H and O–H groups in total. The summed E-state index contributed by atoms with van der Waals surface area (Å²) in [5.74, 6) is -1.51. The highest BCUT2D eigenvalue weighted by Crippen LogP contribution is 2.50. The van der Waals surface area contributed by atoms with E-state index in [0.29, 0.717) is 30.1 Å². The standard InChI is InChI=1S/C16H16O5/c1-3-9(17)15(18)13-8-6-7-21-11-5-4-10(20-2)14(12(8)11)16(13)19/h4-5,8,13H,3,6-7H2,1-2H3. The topological polar surface area (TPSA) is 69.7 Å². The van der Waals surface area contributed by atoms with Crippen LogP contribution in [-0.2, 0) is 9.59 Å². The number of hydrogen-bond donors (Lipinski definition) is 0. The third-order valence-electron chi connectivity index (χ3n) is 4.25. The number of hydrogen-bond acceptors (Lipinski definition) is 5. The number of benzene rings is 1. The lowest BCUT2D eigenvalue weighted by atomic mass is 9.83. The van der Waals surface area contributed by atoms with Crippen molar-refractivity contribution in [1.82, 2.24) is 0 Å². The summed E-state index contributed by atoms with van der Waals surface area (Å²) in [5, 5.41) is 0. The number of rotatable bonds is 4. The lowest BCUT2D eigenvalue weighted by molar-refractivity contribution is -0.138. The molecule has 3 rings (SSSR count). The Kier molecular flexibility index (Phi) is 3.27. The molecule has 21 heavy (non-hydrogen) atoms. The van der Waals surface area contributed by atoms with Gasteiger partial charge < -0.3 is 9.47 Å². The zero-order valence-electron chi connectivity index (χ0n) is 12.0. The van der Waals surface area contributed by atoms with Gasteiger partial charge in [0.1, 0.15) is 11.5 Å². The molecule has 5 heteroatoms. The summed E-state index contributed by atoms with van der Waals surface area (Å²) in [4.78, 5) is 36.7. The Morgan fingerprint density at radius 1 is 1.38 bits per heavy atom. The number of carbonyl (C=O) groups excluding carboxylic acids is 3. The maximum absolute atomic E-state index is 12.7. The maximum atomic E-state index is 12.7. The first-order valence-corrected chi connectivity index (χ1v) is 7.05. The number of Topliss-reactive ketones (excluding diaryl/α,β-unsaturated/α-hetero) is 3. The Morgan fingerprint density at radius 2 is 2.14 bits per heavy atom. The van der Waals surface area contributed by atoms with Gasteiger partial charge in [0.25, 0.3) is 0 Å². The van der Waals surface area contributed by atoms with Crippen LogP contribution in [0.25, 0.3) is 0 Å². The highest BCUT2D eigenvalue weighted by Gasteiger charge is 2.49. The molecule has 0 saturated heterocycles. The van der Waals surface area contributed by atoms with Gasteiger partial charge in [-0.2, -0.15) is 0 Å². The average molecular weight is 288 g/mol. The molecule has 5 nitrogen and oxygen atoms in total. The number of ketones is 3. The van der Waals surface area contributed by atoms with Gasteiger partial charge in [-0.25, -0.2) is 0 Å². The predicted molar refractivity (Wildman–Crippen MR) is 74.0 cm³/mol. The van der Waals surface area contributed by atoms with Crippen molar-refractivity contribution in [2.75, 3.05) is 13.7 Å². The largest absolute Gasteiger partial charge is 0.496 e. The molecule has 0 aromatic heterocycles. The SMILES string of the molecule is CCC(=O)C(=O)C1C(=O)c2c(OC)ccc3c2C1CCO3. The van der Waals surface area contributed by atoms with E-state index >= 15 is 0 Å². The Balaban J connectivity index is 2.14. The average Bonchev–Trinajstić information content (AvgIpc) is 2.81. The van der Waals surface area contributed by atoms with Gasteiger partial charge in [-0.1, -0.05) is 6.92 Å². The summed E-state index contributed by atoms with van der Waals surface area (Å²) in [6, 6.07) is 3.43. The summed E-state index contributed by atoms with van der Waals surface area (Å²) >= 11 is 0. The van der Waals surface area contributed by atoms with E-state index in [1.807, 2.05) is 0 Å². The molecule has 2 atom stereocenters. The fourth-order valence-electron chi connectivity index (χ4n) is 3.26. The summed E-state index contributed by atoms with van der Waals surface area (Å²) in [6.45, 7) is 2.07. The van der Waals surface area contributed by atoms with Gasteiger partial charge in [-0.15, -0.1) is 0 Å². The van der Waals surface area contributed by atoms with Crippen molar-refractivity contribution in [2.45, 2.75) is 25.7 Å². The Morgan fingerprint density at radius 3 is 2.81 bits per heavy atom. The number of carbonyl (C=O) groups is 3. The Bertz CT molecular complexity index is 646. The minimum Gasteiger partial charge on any atom is -0.496 e.